The molecule has 1 aliphatic rings. The van der Waals surface area contributed by atoms with Gasteiger partial charge < -0.3 is 14.0 Å². The zero-order chi connectivity index (χ0) is 25.4. The van der Waals surface area contributed by atoms with E-state index in [2.05, 4.69) is 31.9 Å². The lowest BCUT2D eigenvalue weighted by molar-refractivity contribution is -0.122. The van der Waals surface area contributed by atoms with Crippen LogP contribution in [0.5, 0.6) is 11.5 Å². The molecule has 0 radical (unpaired) electrons. The van der Waals surface area contributed by atoms with Gasteiger partial charge in [-0.25, -0.2) is 4.90 Å². The van der Waals surface area contributed by atoms with E-state index in [0.29, 0.717) is 17.2 Å². The standard InChI is InChI=1S/C26H24BrN3O4S/c1-14-10-18(6-8-21(14)27)29-15(2)11-17(16(29)3)12-20-24(31)28-26(35)30(25(20)32)22-9-7-19(33-4)13-23(22)34-5/h6-13H,1-5H3,(H,28,31,35)/b20-12+. The molecule has 0 aliphatic carbocycles. The molecule has 1 fully saturated rings. The Labute approximate surface area is 217 Å². The number of halogens is 1. The number of aryl methyl sites for hydroxylation is 2. The molecular weight excluding hydrogens is 530 g/mol. The third-order valence-corrected chi connectivity index (χ3v) is 7.07. The van der Waals surface area contributed by atoms with E-state index in [-0.39, 0.29) is 10.7 Å². The highest BCUT2D eigenvalue weighted by Crippen LogP contribution is 2.35. The van der Waals surface area contributed by atoms with Gasteiger partial charge in [0.1, 0.15) is 17.1 Å². The lowest BCUT2D eigenvalue weighted by Crippen LogP contribution is -2.54. The van der Waals surface area contributed by atoms with E-state index >= 15 is 0 Å². The van der Waals surface area contributed by atoms with E-state index in [9.17, 15) is 9.59 Å². The quantitative estimate of drug-likeness (QED) is 0.273. The van der Waals surface area contributed by atoms with Crippen LogP contribution >= 0.6 is 28.1 Å². The Bertz CT molecular complexity index is 1410. The zero-order valence-electron chi connectivity index (χ0n) is 19.9. The van der Waals surface area contributed by atoms with Crippen LogP contribution in [0.2, 0.25) is 0 Å². The lowest BCUT2D eigenvalue weighted by Gasteiger charge is -2.30. The second kappa shape index (κ2) is 9.67. The van der Waals surface area contributed by atoms with Crippen LogP contribution in [0.25, 0.3) is 11.8 Å². The molecule has 1 aliphatic heterocycles. The van der Waals surface area contributed by atoms with E-state index in [4.69, 9.17) is 21.7 Å². The summed E-state index contributed by atoms with van der Waals surface area (Å²) in [6, 6.07) is 13.1. The molecule has 0 spiro atoms. The van der Waals surface area contributed by atoms with Gasteiger partial charge in [0.25, 0.3) is 11.8 Å². The summed E-state index contributed by atoms with van der Waals surface area (Å²) in [7, 11) is 3.03. The fraction of sp³-hybridized carbons (Fsp3) is 0.192. The molecular formula is C26H24BrN3O4S. The summed E-state index contributed by atoms with van der Waals surface area (Å²) in [5.41, 5.74) is 5.12. The van der Waals surface area contributed by atoms with Crippen LogP contribution in [-0.2, 0) is 9.59 Å². The molecule has 2 aromatic carbocycles. The molecule has 0 unspecified atom stereocenters. The van der Waals surface area contributed by atoms with Crippen molar-refractivity contribution >= 4 is 56.8 Å². The van der Waals surface area contributed by atoms with Gasteiger partial charge in [-0.05, 0) is 86.6 Å². The predicted molar refractivity (Wildman–Crippen MR) is 143 cm³/mol. The number of methoxy groups -OCH3 is 2. The van der Waals surface area contributed by atoms with Crippen LogP contribution in [0.4, 0.5) is 5.69 Å². The first-order valence-corrected chi connectivity index (χ1v) is 11.9. The SMILES string of the molecule is COc1ccc(N2C(=O)/C(=C/c3cc(C)n(-c4ccc(Br)c(C)c4)c3C)C(=O)NC2=S)c(OC)c1. The summed E-state index contributed by atoms with van der Waals surface area (Å²) in [5, 5.41) is 2.61. The number of ether oxygens (including phenoxy) is 2. The number of carbonyl (C=O) groups excluding carboxylic acids is 2. The third kappa shape index (κ3) is 4.49. The fourth-order valence-corrected chi connectivity index (χ4v) is 4.62. The minimum absolute atomic E-state index is 0.0172. The molecule has 3 aromatic rings. The minimum atomic E-state index is -0.548. The molecule has 0 atom stereocenters. The highest BCUT2D eigenvalue weighted by molar-refractivity contribution is 9.10. The van der Waals surface area contributed by atoms with Gasteiger partial charge in [-0.2, -0.15) is 0 Å². The number of hydrogen-bond donors (Lipinski definition) is 1. The largest absolute Gasteiger partial charge is 0.497 e. The number of benzene rings is 2. The predicted octanol–water partition coefficient (Wildman–Crippen LogP) is 5.01. The van der Waals surface area contributed by atoms with Gasteiger partial charge in [0.15, 0.2) is 5.11 Å². The Morgan fingerprint density at radius 2 is 1.74 bits per heavy atom. The molecule has 2 heterocycles. The van der Waals surface area contributed by atoms with Crippen molar-refractivity contribution < 1.29 is 19.1 Å². The van der Waals surface area contributed by atoms with Crippen molar-refractivity contribution in [1.82, 2.24) is 9.88 Å². The van der Waals surface area contributed by atoms with Crippen LogP contribution < -0.4 is 19.7 Å². The maximum absolute atomic E-state index is 13.5. The van der Waals surface area contributed by atoms with Crippen molar-refractivity contribution in [2.75, 3.05) is 19.1 Å². The molecule has 35 heavy (non-hydrogen) atoms. The first kappa shape index (κ1) is 24.7. The van der Waals surface area contributed by atoms with Gasteiger partial charge in [0, 0.05) is 27.6 Å². The number of carbonyl (C=O) groups is 2. The Balaban J connectivity index is 1.78. The summed E-state index contributed by atoms with van der Waals surface area (Å²) < 4.78 is 13.8. The first-order valence-electron chi connectivity index (χ1n) is 10.7. The van der Waals surface area contributed by atoms with E-state index in [1.165, 1.54) is 19.1 Å². The van der Waals surface area contributed by atoms with Crippen LogP contribution in [0.1, 0.15) is 22.5 Å². The highest BCUT2D eigenvalue weighted by Gasteiger charge is 2.36. The van der Waals surface area contributed by atoms with E-state index < -0.39 is 11.8 Å². The van der Waals surface area contributed by atoms with Gasteiger partial charge >= 0.3 is 0 Å². The van der Waals surface area contributed by atoms with Crippen molar-refractivity contribution in [1.29, 1.82) is 0 Å². The maximum atomic E-state index is 13.5. The van der Waals surface area contributed by atoms with E-state index in [1.807, 2.05) is 39.0 Å². The van der Waals surface area contributed by atoms with Crippen molar-refractivity contribution in [3.8, 4) is 17.2 Å². The Morgan fingerprint density at radius 3 is 2.40 bits per heavy atom. The molecule has 1 N–H and O–H groups in total. The molecule has 1 aromatic heterocycles. The summed E-state index contributed by atoms with van der Waals surface area (Å²) in [5.74, 6) is -0.129. The summed E-state index contributed by atoms with van der Waals surface area (Å²) >= 11 is 8.88. The van der Waals surface area contributed by atoms with Gasteiger partial charge in [-0.3, -0.25) is 14.9 Å². The highest BCUT2D eigenvalue weighted by atomic mass is 79.9. The van der Waals surface area contributed by atoms with E-state index in [1.54, 1.807) is 24.3 Å². The van der Waals surface area contributed by atoms with Crippen LogP contribution in [0, 0.1) is 20.8 Å². The molecule has 180 valence electrons. The lowest BCUT2D eigenvalue weighted by atomic mass is 10.1. The summed E-state index contributed by atoms with van der Waals surface area (Å²) in [6.07, 6.45) is 1.60. The van der Waals surface area contributed by atoms with Crippen LogP contribution in [0.3, 0.4) is 0 Å². The Kier molecular flexibility index (Phi) is 6.82. The number of thiocarbonyl (C=S) groups is 1. The summed E-state index contributed by atoms with van der Waals surface area (Å²) in [4.78, 5) is 27.6. The van der Waals surface area contributed by atoms with E-state index in [0.717, 1.165) is 32.7 Å². The minimum Gasteiger partial charge on any atom is -0.497 e. The second-order valence-electron chi connectivity index (χ2n) is 8.09. The van der Waals surface area contributed by atoms with Gasteiger partial charge in [-0.15, -0.1) is 0 Å². The topological polar surface area (TPSA) is 72.8 Å². The second-order valence-corrected chi connectivity index (χ2v) is 9.33. The molecule has 2 amide bonds. The zero-order valence-corrected chi connectivity index (χ0v) is 22.3. The molecule has 1 saturated heterocycles. The van der Waals surface area contributed by atoms with Gasteiger partial charge in [-0.1, -0.05) is 15.9 Å². The van der Waals surface area contributed by atoms with Gasteiger partial charge in [0.05, 0.1) is 19.9 Å². The number of rotatable bonds is 5. The summed E-state index contributed by atoms with van der Waals surface area (Å²) in [6.45, 7) is 5.97. The number of amides is 2. The Hall–Kier alpha value is -3.43. The number of hydrogen-bond acceptors (Lipinski definition) is 5. The third-order valence-electron chi connectivity index (χ3n) is 5.90. The smallest absolute Gasteiger partial charge is 0.270 e. The normalized spacial score (nSPS) is 15.0. The Morgan fingerprint density at radius 1 is 1.00 bits per heavy atom. The molecule has 0 saturated carbocycles. The fourth-order valence-electron chi connectivity index (χ4n) is 4.10. The monoisotopic (exact) mass is 553 g/mol. The number of anilines is 1. The number of nitrogens with one attached hydrogen (secondary N) is 1. The van der Waals surface area contributed by atoms with Gasteiger partial charge in [0.2, 0.25) is 0 Å². The van der Waals surface area contributed by atoms with Crippen molar-refractivity contribution in [2.45, 2.75) is 20.8 Å². The number of nitrogens with zero attached hydrogens (tertiary/aromatic N) is 2. The molecule has 9 heteroatoms. The van der Waals surface area contributed by atoms with Crippen LogP contribution in [0.15, 0.2) is 52.5 Å². The average molecular weight is 554 g/mol. The van der Waals surface area contributed by atoms with Crippen molar-refractivity contribution in [3.05, 3.63) is 75.0 Å². The van der Waals surface area contributed by atoms with Crippen LogP contribution in [-0.4, -0.2) is 35.7 Å². The maximum Gasteiger partial charge on any atom is 0.270 e. The molecule has 4 rings (SSSR count). The first-order chi connectivity index (χ1) is 16.7. The molecule has 0 bridgehead atoms. The van der Waals surface area contributed by atoms with Crippen molar-refractivity contribution in [3.63, 3.8) is 0 Å². The average Bonchev–Trinajstić information content (AvgIpc) is 3.11. The molecule has 7 nitrogen and oxygen atoms in total. The van der Waals surface area contributed by atoms with Crippen molar-refractivity contribution in [2.24, 2.45) is 0 Å². The number of aromatic nitrogens is 1.